The molecule has 0 amide bonds. The number of phenolic OH excluding ortho intramolecular Hbond substituents is 1. The zero-order valence-electron chi connectivity index (χ0n) is 12.6. The number of Topliss-reactive ketones (excluding diaryl/α,β-unsaturated/α-hetero) is 2. The van der Waals surface area contributed by atoms with Gasteiger partial charge >= 0.3 is 0 Å². The van der Waals surface area contributed by atoms with Crippen LogP contribution >= 0.6 is 0 Å². The van der Waals surface area contributed by atoms with E-state index in [9.17, 15) is 14.7 Å². The van der Waals surface area contributed by atoms with E-state index in [1.54, 1.807) is 6.07 Å². The molecule has 1 N–H and O–H groups in total. The van der Waals surface area contributed by atoms with Gasteiger partial charge in [-0.15, -0.1) is 0 Å². The SMILES string of the molecule is COc1cc(C(=O)CCC(=O)c2cccc(C)c2)ccc1O. The second-order valence-electron chi connectivity index (χ2n) is 5.10. The van der Waals surface area contributed by atoms with Crippen molar-refractivity contribution in [2.45, 2.75) is 19.8 Å². The number of benzene rings is 2. The molecule has 0 aliphatic heterocycles. The van der Waals surface area contributed by atoms with Gasteiger partial charge in [-0.1, -0.05) is 23.8 Å². The van der Waals surface area contributed by atoms with Crippen LogP contribution in [0.15, 0.2) is 42.5 Å². The van der Waals surface area contributed by atoms with Crippen LogP contribution in [0.3, 0.4) is 0 Å². The average molecular weight is 298 g/mol. The van der Waals surface area contributed by atoms with E-state index in [0.29, 0.717) is 11.1 Å². The van der Waals surface area contributed by atoms with Gasteiger partial charge in [-0.2, -0.15) is 0 Å². The van der Waals surface area contributed by atoms with Crippen molar-refractivity contribution in [3.63, 3.8) is 0 Å². The fourth-order valence-corrected chi connectivity index (χ4v) is 2.19. The molecule has 4 heteroatoms. The van der Waals surface area contributed by atoms with Crippen molar-refractivity contribution in [2.75, 3.05) is 7.11 Å². The van der Waals surface area contributed by atoms with Gasteiger partial charge in [0.25, 0.3) is 0 Å². The second kappa shape index (κ2) is 6.89. The Hall–Kier alpha value is -2.62. The summed E-state index contributed by atoms with van der Waals surface area (Å²) in [4.78, 5) is 24.2. The maximum Gasteiger partial charge on any atom is 0.163 e. The van der Waals surface area contributed by atoms with Crippen molar-refractivity contribution >= 4 is 11.6 Å². The summed E-state index contributed by atoms with van der Waals surface area (Å²) in [6.07, 6.45) is 0.284. The van der Waals surface area contributed by atoms with Crippen LogP contribution in [0.1, 0.15) is 39.1 Å². The molecule has 0 aromatic heterocycles. The Labute approximate surface area is 129 Å². The molecule has 0 saturated carbocycles. The third-order valence-electron chi connectivity index (χ3n) is 3.42. The molecule has 0 heterocycles. The van der Waals surface area contributed by atoms with Gasteiger partial charge in [0.1, 0.15) is 0 Å². The molecule has 0 aliphatic carbocycles. The zero-order valence-corrected chi connectivity index (χ0v) is 12.6. The summed E-state index contributed by atoms with van der Waals surface area (Å²) in [5.41, 5.74) is 2.06. The molecule has 0 radical (unpaired) electrons. The van der Waals surface area contributed by atoms with Gasteiger partial charge in [-0.3, -0.25) is 9.59 Å². The summed E-state index contributed by atoms with van der Waals surface area (Å²) in [6, 6.07) is 11.7. The molecular formula is C18H18O4. The fourth-order valence-electron chi connectivity index (χ4n) is 2.19. The number of aryl methyl sites for hydroxylation is 1. The van der Waals surface area contributed by atoms with Crippen molar-refractivity contribution in [2.24, 2.45) is 0 Å². The average Bonchev–Trinajstić information content (AvgIpc) is 2.52. The van der Waals surface area contributed by atoms with Gasteiger partial charge in [-0.25, -0.2) is 0 Å². The molecule has 22 heavy (non-hydrogen) atoms. The second-order valence-corrected chi connectivity index (χ2v) is 5.10. The van der Waals surface area contributed by atoms with Crippen LogP contribution in [0.5, 0.6) is 11.5 Å². The van der Waals surface area contributed by atoms with Crippen LogP contribution < -0.4 is 4.74 Å². The Balaban J connectivity index is 2.02. The molecule has 0 spiro atoms. The number of rotatable bonds is 6. The maximum atomic E-state index is 12.1. The number of methoxy groups -OCH3 is 1. The number of aromatic hydroxyl groups is 1. The molecule has 2 aromatic rings. The summed E-state index contributed by atoms with van der Waals surface area (Å²) in [5.74, 6) is 0.0212. The molecule has 2 rings (SSSR count). The normalized spacial score (nSPS) is 10.3. The summed E-state index contributed by atoms with van der Waals surface area (Å²) in [5, 5.41) is 9.52. The molecular weight excluding hydrogens is 280 g/mol. The van der Waals surface area contributed by atoms with Crippen molar-refractivity contribution < 1.29 is 19.4 Å². The van der Waals surface area contributed by atoms with Gasteiger partial charge in [0.15, 0.2) is 23.1 Å². The molecule has 0 bridgehead atoms. The van der Waals surface area contributed by atoms with Crippen LogP contribution in [-0.2, 0) is 0 Å². The lowest BCUT2D eigenvalue weighted by Gasteiger charge is -2.06. The van der Waals surface area contributed by atoms with E-state index in [1.165, 1.54) is 25.3 Å². The van der Waals surface area contributed by atoms with Crippen molar-refractivity contribution in [3.8, 4) is 11.5 Å². The number of hydrogen-bond donors (Lipinski definition) is 1. The Morgan fingerprint density at radius 3 is 2.23 bits per heavy atom. The third kappa shape index (κ3) is 3.73. The Kier molecular flexibility index (Phi) is 4.94. The van der Waals surface area contributed by atoms with Crippen molar-refractivity contribution in [1.29, 1.82) is 0 Å². The Morgan fingerprint density at radius 2 is 1.64 bits per heavy atom. The van der Waals surface area contributed by atoms with E-state index in [2.05, 4.69) is 0 Å². The third-order valence-corrected chi connectivity index (χ3v) is 3.42. The van der Waals surface area contributed by atoms with Gasteiger partial charge in [-0.05, 0) is 31.2 Å². The highest BCUT2D eigenvalue weighted by molar-refractivity contribution is 6.02. The summed E-state index contributed by atoms with van der Waals surface area (Å²) < 4.78 is 4.97. The predicted octanol–water partition coefficient (Wildman–Crippen LogP) is 3.56. The highest BCUT2D eigenvalue weighted by Crippen LogP contribution is 2.27. The van der Waals surface area contributed by atoms with Gasteiger partial charge in [0, 0.05) is 24.0 Å². The van der Waals surface area contributed by atoms with E-state index >= 15 is 0 Å². The van der Waals surface area contributed by atoms with E-state index in [0.717, 1.165) is 5.56 Å². The molecule has 0 saturated heterocycles. The monoisotopic (exact) mass is 298 g/mol. The first-order valence-electron chi connectivity index (χ1n) is 7.01. The first-order chi connectivity index (χ1) is 10.5. The highest BCUT2D eigenvalue weighted by atomic mass is 16.5. The lowest BCUT2D eigenvalue weighted by molar-refractivity contribution is 0.0917. The lowest BCUT2D eigenvalue weighted by atomic mass is 10.0. The van der Waals surface area contributed by atoms with Crippen LogP contribution in [0.25, 0.3) is 0 Å². The highest BCUT2D eigenvalue weighted by Gasteiger charge is 2.13. The van der Waals surface area contributed by atoms with E-state index in [4.69, 9.17) is 4.74 Å². The lowest BCUT2D eigenvalue weighted by Crippen LogP contribution is -2.05. The van der Waals surface area contributed by atoms with Gasteiger partial charge < -0.3 is 9.84 Å². The Bertz CT molecular complexity index is 704. The van der Waals surface area contributed by atoms with E-state index < -0.39 is 0 Å². The molecule has 2 aromatic carbocycles. The van der Waals surface area contributed by atoms with Crippen molar-refractivity contribution in [3.05, 3.63) is 59.2 Å². The van der Waals surface area contributed by atoms with Gasteiger partial charge in [0.2, 0.25) is 0 Å². The summed E-state index contributed by atoms with van der Waals surface area (Å²) >= 11 is 0. The molecule has 114 valence electrons. The number of ketones is 2. The first kappa shape index (κ1) is 15.8. The zero-order chi connectivity index (χ0) is 16.1. The number of phenols is 1. The van der Waals surface area contributed by atoms with Crippen LogP contribution in [0, 0.1) is 6.92 Å². The predicted molar refractivity (Wildman–Crippen MR) is 83.7 cm³/mol. The topological polar surface area (TPSA) is 63.6 Å². The molecule has 0 fully saturated rings. The summed E-state index contributed by atoms with van der Waals surface area (Å²) in [6.45, 7) is 1.92. The van der Waals surface area contributed by atoms with E-state index in [-0.39, 0.29) is 35.9 Å². The standard InChI is InChI=1S/C18H18O4/c1-12-4-3-5-13(10-12)15(19)8-9-16(20)14-6-7-17(21)18(11-14)22-2/h3-7,10-11,21H,8-9H2,1-2H3. The first-order valence-corrected chi connectivity index (χ1v) is 7.01. The summed E-state index contributed by atoms with van der Waals surface area (Å²) in [7, 11) is 1.42. The van der Waals surface area contributed by atoms with Crippen LogP contribution in [0.2, 0.25) is 0 Å². The van der Waals surface area contributed by atoms with Crippen LogP contribution in [-0.4, -0.2) is 23.8 Å². The minimum absolute atomic E-state index is 0.0186. The number of hydrogen-bond acceptors (Lipinski definition) is 4. The quantitative estimate of drug-likeness (QED) is 0.828. The number of carbonyl (C=O) groups is 2. The number of carbonyl (C=O) groups excluding carboxylic acids is 2. The minimum atomic E-state index is -0.153. The number of ether oxygens (including phenoxy) is 1. The minimum Gasteiger partial charge on any atom is -0.504 e. The molecule has 0 atom stereocenters. The van der Waals surface area contributed by atoms with Crippen LogP contribution in [0.4, 0.5) is 0 Å². The molecule has 0 unspecified atom stereocenters. The maximum absolute atomic E-state index is 12.1. The Morgan fingerprint density at radius 1 is 1.00 bits per heavy atom. The smallest absolute Gasteiger partial charge is 0.163 e. The van der Waals surface area contributed by atoms with Gasteiger partial charge in [0.05, 0.1) is 7.11 Å². The molecule has 4 nitrogen and oxygen atoms in total. The van der Waals surface area contributed by atoms with E-state index in [1.807, 2.05) is 25.1 Å². The fraction of sp³-hybridized carbons (Fsp3) is 0.222. The largest absolute Gasteiger partial charge is 0.504 e. The van der Waals surface area contributed by atoms with Crippen molar-refractivity contribution in [1.82, 2.24) is 0 Å². The molecule has 0 aliphatic rings.